The van der Waals surface area contributed by atoms with Gasteiger partial charge in [0, 0.05) is 49.2 Å². The van der Waals surface area contributed by atoms with Crippen LogP contribution in [0.5, 0.6) is 0 Å². The fourth-order valence-electron chi connectivity index (χ4n) is 4.63. The number of nitrogens with one attached hydrogen (secondary N) is 4. The molecule has 1 fully saturated rings. The first kappa shape index (κ1) is 38.8. The average Bonchev–Trinajstić information content (AvgIpc) is 3.59. The number of amides is 2. The van der Waals surface area contributed by atoms with Crippen LogP contribution in [0, 0.1) is 5.92 Å². The number of anilines is 5. The maximum absolute atomic E-state index is 12.9. The second-order valence-electron chi connectivity index (χ2n) is 11.0. The monoisotopic (exact) mass is 757 g/mol. The summed E-state index contributed by atoms with van der Waals surface area (Å²) < 4.78 is 63.5. The Balaban J connectivity index is 0.000000367. The molecule has 0 aliphatic carbocycles. The van der Waals surface area contributed by atoms with Crippen molar-refractivity contribution in [3.63, 3.8) is 0 Å². The summed E-state index contributed by atoms with van der Waals surface area (Å²) in [5.74, 6) is -4.68. The maximum atomic E-state index is 12.9. The number of carbonyl (C=O) groups is 4. The molecular weight excluding hydrogens is 732 g/mol. The minimum atomic E-state index is -5.08. The van der Waals surface area contributed by atoms with Crippen LogP contribution in [0.4, 0.5) is 55.2 Å². The predicted molar refractivity (Wildman–Crippen MR) is 170 cm³/mol. The first-order valence-electron chi connectivity index (χ1n) is 14.7. The van der Waals surface area contributed by atoms with Crippen molar-refractivity contribution < 1.29 is 55.7 Å². The van der Waals surface area contributed by atoms with Crippen LogP contribution in [0.3, 0.4) is 0 Å². The van der Waals surface area contributed by atoms with Crippen molar-refractivity contribution in [1.29, 1.82) is 0 Å². The molecule has 1 saturated heterocycles. The van der Waals surface area contributed by atoms with Crippen molar-refractivity contribution in [2.45, 2.75) is 31.6 Å². The van der Waals surface area contributed by atoms with E-state index in [4.69, 9.17) is 31.4 Å². The van der Waals surface area contributed by atoms with Gasteiger partial charge in [-0.1, -0.05) is 11.6 Å². The Morgan fingerprint density at radius 3 is 2.19 bits per heavy atom. The summed E-state index contributed by atoms with van der Waals surface area (Å²) in [6, 6.07) is 7.75. The molecule has 22 heteroatoms. The topological polar surface area (TPSA) is 215 Å². The number of likely N-dealkylation sites (tertiary alicyclic amines) is 1. The van der Waals surface area contributed by atoms with E-state index < -0.39 is 24.3 Å². The van der Waals surface area contributed by atoms with Crippen LogP contribution in [-0.4, -0.2) is 89.5 Å². The van der Waals surface area contributed by atoms with E-state index in [2.05, 4.69) is 41.1 Å². The van der Waals surface area contributed by atoms with E-state index in [1.54, 1.807) is 17.3 Å². The first-order chi connectivity index (χ1) is 24.4. The van der Waals surface area contributed by atoms with Crippen LogP contribution in [0.1, 0.15) is 27.9 Å². The minimum absolute atomic E-state index is 0.0746. The summed E-state index contributed by atoms with van der Waals surface area (Å²) >= 11 is 6.35. The zero-order valence-corrected chi connectivity index (χ0v) is 27.0. The van der Waals surface area contributed by atoms with Gasteiger partial charge in [-0.05, 0) is 48.2 Å². The first-order valence-corrected chi connectivity index (χ1v) is 15.1. The molecule has 5 heterocycles. The zero-order valence-electron chi connectivity index (χ0n) is 26.2. The van der Waals surface area contributed by atoms with Gasteiger partial charge < -0.3 is 31.1 Å². The van der Waals surface area contributed by atoms with Gasteiger partial charge in [-0.2, -0.15) is 36.4 Å². The molecule has 2 aliphatic rings. The molecule has 52 heavy (non-hydrogen) atoms. The van der Waals surface area contributed by atoms with Gasteiger partial charge in [0.05, 0.1) is 29.8 Å². The lowest BCUT2D eigenvalue weighted by molar-refractivity contribution is -0.193. The van der Waals surface area contributed by atoms with Crippen molar-refractivity contribution >= 4 is 64.2 Å². The number of benzene rings is 1. The molecular formula is C30H26ClF6N9O6. The van der Waals surface area contributed by atoms with Crippen molar-refractivity contribution in [2.24, 2.45) is 5.92 Å². The third kappa shape index (κ3) is 11.0. The minimum Gasteiger partial charge on any atom is -0.475 e. The molecule has 2 aliphatic heterocycles. The lowest BCUT2D eigenvalue weighted by atomic mass is 9.95. The number of halogens is 7. The van der Waals surface area contributed by atoms with Gasteiger partial charge >= 0.3 is 24.3 Å². The quantitative estimate of drug-likeness (QED) is 0.148. The standard InChI is InChI=1S/C26H24ClN9O2.2C2HF3O2/c27-21-12-29-26-33-20-5-15(8-28-11-20)1-2-17-7-19(32-24(21)35-26)3-4-22(17)34-23(37)6-16-13-36(14-16)25(38)18-9-30-31-10-18;2*3-2(4,5)1(6)7/h3-5,7-12,16H,1-2,6,13-14H2,(H,30,31)(H,34,37)(H2,29,32,33,35);2*(H,6,7). The summed E-state index contributed by atoms with van der Waals surface area (Å²) in [5.41, 5.74) is 4.85. The van der Waals surface area contributed by atoms with Crippen LogP contribution in [0.2, 0.25) is 5.02 Å². The number of nitrogens with zero attached hydrogens (tertiary/aromatic N) is 5. The van der Waals surface area contributed by atoms with E-state index in [1.165, 1.54) is 12.4 Å². The predicted octanol–water partition coefficient (Wildman–Crippen LogP) is 5.20. The Labute approximate surface area is 293 Å². The summed E-state index contributed by atoms with van der Waals surface area (Å²) in [5, 5.41) is 30.6. The zero-order chi connectivity index (χ0) is 38.2. The van der Waals surface area contributed by atoms with E-state index in [0.717, 1.165) is 34.6 Å². The third-order valence-electron chi connectivity index (χ3n) is 7.07. The normalized spacial score (nSPS) is 13.7. The molecule has 276 valence electrons. The smallest absolute Gasteiger partial charge is 0.475 e. The van der Waals surface area contributed by atoms with Crippen LogP contribution >= 0.6 is 11.6 Å². The molecule has 15 nitrogen and oxygen atoms in total. The van der Waals surface area contributed by atoms with Crippen molar-refractivity contribution in [1.82, 2.24) is 30.0 Å². The summed E-state index contributed by atoms with van der Waals surface area (Å²) in [4.78, 5) is 57.9. The SMILES string of the molecule is O=C(CC1CN(C(=O)c2cn[nH]c2)C1)Nc1ccc2cc1CCc1cncc(c1)Nc1ncc(Cl)c(n1)N2.O=C(O)C(F)(F)F.O=C(O)C(F)(F)F. The van der Waals surface area contributed by atoms with Gasteiger partial charge in [0.25, 0.3) is 5.91 Å². The van der Waals surface area contributed by atoms with E-state index in [1.807, 2.05) is 30.5 Å². The molecule has 0 saturated carbocycles. The highest BCUT2D eigenvalue weighted by Gasteiger charge is 2.39. The second kappa shape index (κ2) is 16.4. The fourth-order valence-corrected chi connectivity index (χ4v) is 4.77. The second-order valence-corrected chi connectivity index (χ2v) is 11.4. The number of H-pyrrole nitrogens is 1. The lowest BCUT2D eigenvalue weighted by Crippen LogP contribution is -2.50. The number of carboxylic acids is 2. The Morgan fingerprint density at radius 1 is 0.904 bits per heavy atom. The summed E-state index contributed by atoms with van der Waals surface area (Å²) in [7, 11) is 0. The Bertz CT molecular complexity index is 1900. The van der Waals surface area contributed by atoms with Crippen LogP contribution in [0.15, 0.2) is 55.2 Å². The number of carbonyl (C=O) groups excluding carboxylic acids is 2. The van der Waals surface area contributed by atoms with Gasteiger partial charge in [0.2, 0.25) is 11.9 Å². The van der Waals surface area contributed by atoms with Crippen LogP contribution in [0.25, 0.3) is 0 Å². The molecule has 4 aromatic rings. The highest BCUT2D eigenvalue weighted by Crippen LogP contribution is 2.30. The maximum Gasteiger partial charge on any atom is 0.490 e. The number of rotatable bonds is 4. The third-order valence-corrected chi connectivity index (χ3v) is 7.35. The molecule has 0 spiro atoms. The van der Waals surface area contributed by atoms with E-state index in [9.17, 15) is 35.9 Å². The molecule has 0 radical (unpaired) electrons. The highest BCUT2D eigenvalue weighted by atomic mass is 35.5. The highest BCUT2D eigenvalue weighted by molar-refractivity contribution is 6.32. The molecule has 0 atom stereocenters. The Kier molecular flexibility index (Phi) is 12.2. The number of aromatic amines is 1. The molecule has 6 rings (SSSR count). The van der Waals surface area contributed by atoms with Gasteiger partial charge in [-0.25, -0.2) is 14.6 Å². The molecule has 1 aromatic carbocycles. The molecule has 0 unspecified atom stereocenters. The van der Waals surface area contributed by atoms with E-state index in [-0.39, 0.29) is 17.7 Å². The van der Waals surface area contributed by atoms with E-state index in [0.29, 0.717) is 48.3 Å². The van der Waals surface area contributed by atoms with Gasteiger partial charge in [-0.3, -0.25) is 19.7 Å². The number of hydrogen-bond acceptors (Lipinski definition) is 10. The van der Waals surface area contributed by atoms with Crippen LogP contribution in [-0.2, 0) is 27.2 Å². The van der Waals surface area contributed by atoms with Gasteiger partial charge in [0.15, 0.2) is 5.82 Å². The fraction of sp³-hybridized carbons (Fsp3) is 0.267. The summed E-state index contributed by atoms with van der Waals surface area (Å²) in [6.07, 6.45) is -0.260. The molecule has 6 N–H and O–H groups in total. The summed E-state index contributed by atoms with van der Waals surface area (Å²) in [6.45, 7) is 1.10. The number of pyridine rings is 1. The Hall–Kier alpha value is -5.99. The molecule has 6 bridgehead atoms. The van der Waals surface area contributed by atoms with Gasteiger partial charge in [0.1, 0.15) is 5.02 Å². The number of alkyl halides is 6. The Morgan fingerprint density at radius 2 is 1.58 bits per heavy atom. The number of carboxylic acid groups (broad SMARTS) is 2. The number of aryl methyl sites for hydroxylation is 2. The number of fused-ring (bicyclic) bond motifs is 6. The largest absolute Gasteiger partial charge is 0.490 e. The molecule has 3 aromatic heterocycles. The van der Waals surface area contributed by atoms with E-state index >= 15 is 0 Å². The van der Waals surface area contributed by atoms with Crippen molar-refractivity contribution in [3.05, 3.63) is 77.0 Å². The van der Waals surface area contributed by atoms with Crippen molar-refractivity contribution in [3.8, 4) is 0 Å². The number of aromatic nitrogens is 5. The number of aliphatic carboxylic acids is 2. The van der Waals surface area contributed by atoms with Crippen molar-refractivity contribution in [2.75, 3.05) is 29.0 Å². The average molecular weight is 758 g/mol. The van der Waals surface area contributed by atoms with Gasteiger partial charge in [-0.15, -0.1) is 0 Å². The number of hydrogen-bond donors (Lipinski definition) is 6. The lowest BCUT2D eigenvalue weighted by Gasteiger charge is -2.38. The van der Waals surface area contributed by atoms with Crippen LogP contribution < -0.4 is 16.0 Å². The molecule has 2 amide bonds.